The fourth-order valence-corrected chi connectivity index (χ4v) is 1.76. The Morgan fingerprint density at radius 2 is 2.05 bits per heavy atom. The smallest absolute Gasteiger partial charge is 0.170 e. The first kappa shape index (κ1) is 14.3. The SMILES string of the molecule is Fc1cccc(OCCNC(=S)Nc2cc[c]cc2)c1. The van der Waals surface area contributed by atoms with E-state index in [0.717, 1.165) is 5.69 Å². The monoisotopic (exact) mass is 289 g/mol. The Balaban J connectivity index is 1.67. The molecule has 0 aliphatic heterocycles. The van der Waals surface area contributed by atoms with E-state index in [1.54, 1.807) is 24.3 Å². The van der Waals surface area contributed by atoms with Crippen LogP contribution in [-0.2, 0) is 0 Å². The zero-order chi connectivity index (χ0) is 14.2. The highest BCUT2D eigenvalue weighted by molar-refractivity contribution is 7.80. The lowest BCUT2D eigenvalue weighted by molar-refractivity contribution is 0.321. The van der Waals surface area contributed by atoms with E-state index in [0.29, 0.717) is 24.0 Å². The minimum absolute atomic E-state index is 0.312. The number of hydrogen-bond acceptors (Lipinski definition) is 2. The van der Waals surface area contributed by atoms with Crippen LogP contribution in [0.25, 0.3) is 0 Å². The average molecular weight is 289 g/mol. The van der Waals surface area contributed by atoms with Crippen molar-refractivity contribution in [3.8, 4) is 5.75 Å². The number of rotatable bonds is 5. The summed E-state index contributed by atoms with van der Waals surface area (Å²) in [5, 5.41) is 6.55. The van der Waals surface area contributed by atoms with E-state index in [1.807, 2.05) is 12.1 Å². The van der Waals surface area contributed by atoms with Gasteiger partial charge in [0.05, 0.1) is 6.54 Å². The Bertz CT molecular complexity index is 563. The van der Waals surface area contributed by atoms with Gasteiger partial charge in [0.1, 0.15) is 18.2 Å². The number of thiocarbonyl (C=S) groups is 1. The lowest BCUT2D eigenvalue weighted by Crippen LogP contribution is -2.31. The molecule has 0 saturated carbocycles. The summed E-state index contributed by atoms with van der Waals surface area (Å²) in [5.41, 5.74) is 0.896. The molecule has 0 aromatic heterocycles. The molecule has 0 aliphatic carbocycles. The molecule has 0 atom stereocenters. The second-order valence-electron chi connectivity index (χ2n) is 3.98. The predicted molar refractivity (Wildman–Crippen MR) is 81.4 cm³/mol. The van der Waals surface area contributed by atoms with Gasteiger partial charge in [0, 0.05) is 11.8 Å². The molecule has 0 fully saturated rings. The molecule has 2 N–H and O–H groups in total. The number of nitrogens with one attached hydrogen (secondary N) is 2. The number of benzene rings is 2. The van der Waals surface area contributed by atoms with Crippen molar-refractivity contribution < 1.29 is 9.13 Å². The molecule has 0 bridgehead atoms. The lowest BCUT2D eigenvalue weighted by Gasteiger charge is -2.11. The van der Waals surface area contributed by atoms with E-state index >= 15 is 0 Å². The first-order valence-electron chi connectivity index (χ1n) is 6.13. The van der Waals surface area contributed by atoms with Crippen LogP contribution < -0.4 is 15.4 Å². The molecule has 0 amide bonds. The molecule has 0 heterocycles. The summed E-state index contributed by atoms with van der Waals surface area (Å²) >= 11 is 5.14. The zero-order valence-electron chi connectivity index (χ0n) is 10.7. The standard InChI is InChI=1S/C15H14FN2OS/c16-12-5-4-8-14(11-12)19-10-9-17-15(20)18-13-6-2-1-3-7-13/h2-8,11H,9-10H2,(H2,17,18,20). The Kier molecular flexibility index (Phi) is 5.32. The topological polar surface area (TPSA) is 33.3 Å². The van der Waals surface area contributed by atoms with Crippen molar-refractivity contribution in [2.45, 2.75) is 0 Å². The molecular weight excluding hydrogens is 275 g/mol. The highest BCUT2D eigenvalue weighted by atomic mass is 32.1. The molecule has 0 saturated heterocycles. The van der Waals surface area contributed by atoms with Crippen molar-refractivity contribution in [3.63, 3.8) is 0 Å². The maximum absolute atomic E-state index is 12.9. The molecule has 2 aromatic carbocycles. The second-order valence-corrected chi connectivity index (χ2v) is 4.38. The van der Waals surface area contributed by atoms with Crippen molar-refractivity contribution >= 4 is 23.0 Å². The second kappa shape index (κ2) is 7.45. The van der Waals surface area contributed by atoms with E-state index in [-0.39, 0.29) is 5.82 Å². The largest absolute Gasteiger partial charge is 0.492 e. The fourth-order valence-electron chi connectivity index (χ4n) is 1.54. The van der Waals surface area contributed by atoms with E-state index in [1.165, 1.54) is 12.1 Å². The molecule has 20 heavy (non-hydrogen) atoms. The third kappa shape index (κ3) is 4.85. The van der Waals surface area contributed by atoms with Crippen molar-refractivity contribution in [1.29, 1.82) is 0 Å². The van der Waals surface area contributed by atoms with Crippen LogP contribution in [-0.4, -0.2) is 18.3 Å². The molecule has 1 radical (unpaired) electrons. The van der Waals surface area contributed by atoms with Gasteiger partial charge in [-0.25, -0.2) is 4.39 Å². The predicted octanol–water partition coefficient (Wildman–Crippen LogP) is 2.99. The van der Waals surface area contributed by atoms with E-state index in [4.69, 9.17) is 17.0 Å². The highest BCUT2D eigenvalue weighted by Crippen LogP contribution is 2.11. The first-order valence-corrected chi connectivity index (χ1v) is 6.54. The number of ether oxygens (including phenoxy) is 1. The summed E-state index contributed by atoms with van der Waals surface area (Å²) in [6.45, 7) is 0.926. The van der Waals surface area contributed by atoms with Gasteiger partial charge in [-0.05, 0) is 42.5 Å². The minimum Gasteiger partial charge on any atom is -0.492 e. The lowest BCUT2D eigenvalue weighted by atomic mass is 10.3. The molecule has 0 spiro atoms. The highest BCUT2D eigenvalue weighted by Gasteiger charge is 1.98. The molecule has 2 aromatic rings. The molecule has 2 rings (SSSR count). The van der Waals surface area contributed by atoms with Gasteiger partial charge in [-0.2, -0.15) is 0 Å². The van der Waals surface area contributed by atoms with Crippen LogP contribution in [0.15, 0.2) is 48.5 Å². The van der Waals surface area contributed by atoms with Crippen LogP contribution in [0.1, 0.15) is 0 Å². The Labute approximate surface area is 122 Å². The quantitative estimate of drug-likeness (QED) is 0.655. The zero-order valence-corrected chi connectivity index (χ0v) is 11.5. The van der Waals surface area contributed by atoms with E-state index < -0.39 is 0 Å². The molecule has 103 valence electrons. The van der Waals surface area contributed by atoms with Gasteiger partial charge >= 0.3 is 0 Å². The maximum atomic E-state index is 12.9. The molecule has 0 unspecified atom stereocenters. The van der Waals surface area contributed by atoms with Gasteiger partial charge in [-0.15, -0.1) is 0 Å². The molecule has 0 aliphatic rings. The van der Waals surface area contributed by atoms with Gasteiger partial charge in [-0.1, -0.05) is 18.2 Å². The average Bonchev–Trinajstić information content (AvgIpc) is 2.45. The number of halogens is 1. The van der Waals surface area contributed by atoms with Gasteiger partial charge < -0.3 is 15.4 Å². The van der Waals surface area contributed by atoms with Crippen LogP contribution >= 0.6 is 12.2 Å². The summed E-state index contributed by atoms with van der Waals surface area (Å²) in [4.78, 5) is 0. The summed E-state index contributed by atoms with van der Waals surface area (Å²) in [7, 11) is 0. The maximum Gasteiger partial charge on any atom is 0.170 e. The molecule has 3 nitrogen and oxygen atoms in total. The minimum atomic E-state index is -0.312. The third-order valence-electron chi connectivity index (χ3n) is 2.43. The van der Waals surface area contributed by atoms with Crippen LogP contribution in [0.2, 0.25) is 0 Å². The molecule has 5 heteroatoms. The van der Waals surface area contributed by atoms with Crippen LogP contribution in [0.5, 0.6) is 5.75 Å². The normalized spacial score (nSPS) is 9.85. The van der Waals surface area contributed by atoms with Crippen molar-refractivity contribution in [2.75, 3.05) is 18.5 Å². The van der Waals surface area contributed by atoms with Crippen LogP contribution in [0.4, 0.5) is 10.1 Å². The molecular formula is C15H14FN2OS. The van der Waals surface area contributed by atoms with Gasteiger partial charge in [0.25, 0.3) is 0 Å². The first-order chi connectivity index (χ1) is 9.74. The fraction of sp³-hybridized carbons (Fsp3) is 0.133. The van der Waals surface area contributed by atoms with Crippen LogP contribution in [0, 0.1) is 11.9 Å². The van der Waals surface area contributed by atoms with E-state index in [2.05, 4.69) is 16.7 Å². The van der Waals surface area contributed by atoms with Gasteiger partial charge in [0.15, 0.2) is 5.11 Å². The third-order valence-corrected chi connectivity index (χ3v) is 2.67. The summed E-state index contributed by atoms with van der Waals surface area (Å²) in [6, 6.07) is 16.3. The Hall–Kier alpha value is -2.14. The number of anilines is 1. The van der Waals surface area contributed by atoms with Crippen LogP contribution in [0.3, 0.4) is 0 Å². The summed E-state index contributed by atoms with van der Waals surface area (Å²) in [6.07, 6.45) is 0. The Morgan fingerprint density at radius 1 is 1.25 bits per heavy atom. The van der Waals surface area contributed by atoms with Gasteiger partial charge in [0.2, 0.25) is 0 Å². The van der Waals surface area contributed by atoms with Crippen molar-refractivity contribution in [2.24, 2.45) is 0 Å². The van der Waals surface area contributed by atoms with Gasteiger partial charge in [-0.3, -0.25) is 0 Å². The van der Waals surface area contributed by atoms with E-state index in [9.17, 15) is 4.39 Å². The summed E-state index contributed by atoms with van der Waals surface area (Å²) in [5.74, 6) is 0.192. The number of hydrogen-bond donors (Lipinski definition) is 2. The Morgan fingerprint density at radius 3 is 2.80 bits per heavy atom. The van der Waals surface area contributed by atoms with Crippen molar-refractivity contribution in [1.82, 2.24) is 5.32 Å². The van der Waals surface area contributed by atoms with Crippen molar-refractivity contribution in [3.05, 3.63) is 60.4 Å². The summed E-state index contributed by atoms with van der Waals surface area (Å²) < 4.78 is 18.3.